The van der Waals surface area contributed by atoms with E-state index in [0.717, 1.165) is 5.92 Å². The molecular formula is C11H21NO2. The summed E-state index contributed by atoms with van der Waals surface area (Å²) in [6.45, 7) is 4.09. The van der Waals surface area contributed by atoms with Crippen LogP contribution in [0.15, 0.2) is 0 Å². The molecule has 1 N–H and O–H groups in total. The lowest BCUT2D eigenvalue weighted by molar-refractivity contribution is -0.142. The van der Waals surface area contributed by atoms with Crippen LogP contribution in [0.3, 0.4) is 0 Å². The SMILES string of the molecule is CCC1CCCC1NC(C)C(=O)OC. The highest BCUT2D eigenvalue weighted by Crippen LogP contribution is 2.28. The van der Waals surface area contributed by atoms with Crippen LogP contribution >= 0.6 is 0 Å². The van der Waals surface area contributed by atoms with Gasteiger partial charge in [0.05, 0.1) is 7.11 Å². The Morgan fingerprint density at radius 2 is 2.29 bits per heavy atom. The predicted molar refractivity (Wildman–Crippen MR) is 56.0 cm³/mol. The molecule has 0 bridgehead atoms. The molecule has 3 heteroatoms. The number of carbonyl (C=O) groups is 1. The van der Waals surface area contributed by atoms with Gasteiger partial charge in [0.25, 0.3) is 0 Å². The molecule has 1 aliphatic carbocycles. The number of hydrogen-bond donors (Lipinski definition) is 1. The topological polar surface area (TPSA) is 38.3 Å². The van der Waals surface area contributed by atoms with Crippen molar-refractivity contribution in [1.82, 2.24) is 5.32 Å². The molecule has 1 aliphatic rings. The van der Waals surface area contributed by atoms with Crippen LogP contribution in [0.1, 0.15) is 39.5 Å². The van der Waals surface area contributed by atoms with Gasteiger partial charge in [-0.2, -0.15) is 0 Å². The first-order chi connectivity index (χ1) is 6.69. The van der Waals surface area contributed by atoms with Gasteiger partial charge in [0.2, 0.25) is 0 Å². The number of ether oxygens (including phenoxy) is 1. The molecule has 0 aromatic rings. The Morgan fingerprint density at radius 1 is 1.57 bits per heavy atom. The number of methoxy groups -OCH3 is 1. The standard InChI is InChI=1S/C11H21NO2/c1-4-9-6-5-7-10(9)12-8(2)11(13)14-3/h8-10,12H,4-7H2,1-3H3. The summed E-state index contributed by atoms with van der Waals surface area (Å²) in [6, 6.07) is 0.339. The molecule has 82 valence electrons. The van der Waals surface area contributed by atoms with Crippen molar-refractivity contribution in [2.75, 3.05) is 7.11 Å². The minimum Gasteiger partial charge on any atom is -0.468 e. The van der Waals surface area contributed by atoms with Crippen LogP contribution in [-0.4, -0.2) is 25.2 Å². The van der Waals surface area contributed by atoms with Gasteiger partial charge in [0.1, 0.15) is 6.04 Å². The second-order valence-corrected chi connectivity index (χ2v) is 4.12. The highest BCUT2D eigenvalue weighted by atomic mass is 16.5. The quantitative estimate of drug-likeness (QED) is 0.701. The van der Waals surface area contributed by atoms with Crippen molar-refractivity contribution in [2.45, 2.75) is 51.6 Å². The molecule has 0 saturated heterocycles. The van der Waals surface area contributed by atoms with Crippen molar-refractivity contribution in [1.29, 1.82) is 0 Å². The molecule has 0 heterocycles. The zero-order chi connectivity index (χ0) is 10.6. The molecular weight excluding hydrogens is 178 g/mol. The van der Waals surface area contributed by atoms with Crippen molar-refractivity contribution in [3.05, 3.63) is 0 Å². The van der Waals surface area contributed by atoms with Crippen LogP contribution in [0.2, 0.25) is 0 Å². The van der Waals surface area contributed by atoms with E-state index in [1.807, 2.05) is 6.92 Å². The highest BCUT2D eigenvalue weighted by molar-refractivity contribution is 5.75. The summed E-state index contributed by atoms with van der Waals surface area (Å²) in [7, 11) is 1.44. The van der Waals surface area contributed by atoms with E-state index >= 15 is 0 Å². The summed E-state index contributed by atoms with van der Waals surface area (Å²) in [5.74, 6) is 0.578. The Morgan fingerprint density at radius 3 is 2.86 bits per heavy atom. The van der Waals surface area contributed by atoms with Crippen LogP contribution in [0.5, 0.6) is 0 Å². The van der Waals surface area contributed by atoms with Gasteiger partial charge in [0.15, 0.2) is 0 Å². The predicted octanol–water partition coefficient (Wildman–Crippen LogP) is 1.72. The smallest absolute Gasteiger partial charge is 0.322 e. The number of hydrogen-bond acceptors (Lipinski definition) is 3. The molecule has 14 heavy (non-hydrogen) atoms. The Bertz CT molecular complexity index is 194. The lowest BCUT2D eigenvalue weighted by Gasteiger charge is -2.22. The third-order valence-corrected chi connectivity index (χ3v) is 3.20. The van der Waals surface area contributed by atoms with Crippen molar-refractivity contribution in [3.8, 4) is 0 Å². The summed E-state index contributed by atoms with van der Waals surface area (Å²) in [6.07, 6.45) is 4.97. The Hall–Kier alpha value is -0.570. The van der Waals surface area contributed by atoms with Gasteiger partial charge in [-0.05, 0) is 25.7 Å². The average molecular weight is 199 g/mol. The molecule has 3 unspecified atom stereocenters. The number of nitrogens with one attached hydrogen (secondary N) is 1. The number of esters is 1. The first-order valence-electron chi connectivity index (χ1n) is 5.53. The monoisotopic (exact) mass is 199 g/mol. The van der Waals surface area contributed by atoms with E-state index < -0.39 is 0 Å². The van der Waals surface area contributed by atoms with Gasteiger partial charge >= 0.3 is 5.97 Å². The maximum absolute atomic E-state index is 11.2. The summed E-state index contributed by atoms with van der Waals surface area (Å²) in [5, 5.41) is 3.36. The van der Waals surface area contributed by atoms with Crippen molar-refractivity contribution in [3.63, 3.8) is 0 Å². The lowest BCUT2D eigenvalue weighted by atomic mass is 10.00. The molecule has 1 rings (SSSR count). The van der Waals surface area contributed by atoms with Crippen molar-refractivity contribution in [2.24, 2.45) is 5.92 Å². The molecule has 0 spiro atoms. The molecule has 0 aromatic heterocycles. The fraction of sp³-hybridized carbons (Fsp3) is 0.909. The van der Waals surface area contributed by atoms with Gasteiger partial charge in [0, 0.05) is 6.04 Å². The van der Waals surface area contributed by atoms with E-state index in [9.17, 15) is 4.79 Å². The van der Waals surface area contributed by atoms with Gasteiger partial charge in [-0.15, -0.1) is 0 Å². The summed E-state index contributed by atoms with van der Waals surface area (Å²) < 4.78 is 4.69. The molecule has 0 aliphatic heterocycles. The molecule has 0 amide bonds. The zero-order valence-corrected chi connectivity index (χ0v) is 9.38. The van der Waals surface area contributed by atoms with Gasteiger partial charge in [-0.3, -0.25) is 4.79 Å². The fourth-order valence-electron chi connectivity index (χ4n) is 2.31. The largest absolute Gasteiger partial charge is 0.468 e. The highest BCUT2D eigenvalue weighted by Gasteiger charge is 2.28. The fourth-order valence-corrected chi connectivity index (χ4v) is 2.31. The van der Waals surface area contributed by atoms with E-state index in [0.29, 0.717) is 6.04 Å². The van der Waals surface area contributed by atoms with E-state index in [-0.39, 0.29) is 12.0 Å². The molecule has 0 aromatic carbocycles. The van der Waals surface area contributed by atoms with E-state index in [2.05, 4.69) is 17.0 Å². The molecule has 0 radical (unpaired) electrons. The normalized spacial score (nSPS) is 28.8. The number of rotatable bonds is 4. The Labute approximate surface area is 86.2 Å². The van der Waals surface area contributed by atoms with E-state index in [4.69, 9.17) is 0 Å². The van der Waals surface area contributed by atoms with E-state index in [1.54, 1.807) is 0 Å². The minimum atomic E-state index is -0.169. The maximum Gasteiger partial charge on any atom is 0.322 e. The van der Waals surface area contributed by atoms with Crippen molar-refractivity contribution < 1.29 is 9.53 Å². The van der Waals surface area contributed by atoms with Crippen LogP contribution in [0.4, 0.5) is 0 Å². The summed E-state index contributed by atoms with van der Waals surface area (Å²) >= 11 is 0. The third-order valence-electron chi connectivity index (χ3n) is 3.20. The summed E-state index contributed by atoms with van der Waals surface area (Å²) in [4.78, 5) is 11.2. The Kier molecular flexibility index (Phi) is 4.39. The van der Waals surface area contributed by atoms with Crippen LogP contribution < -0.4 is 5.32 Å². The molecule has 1 fully saturated rings. The number of carbonyl (C=O) groups excluding carboxylic acids is 1. The maximum atomic E-state index is 11.2. The van der Waals surface area contributed by atoms with Crippen molar-refractivity contribution >= 4 is 5.97 Å². The van der Waals surface area contributed by atoms with Gasteiger partial charge in [-0.25, -0.2) is 0 Å². The minimum absolute atomic E-state index is 0.160. The zero-order valence-electron chi connectivity index (χ0n) is 9.38. The molecule has 3 nitrogen and oxygen atoms in total. The van der Waals surface area contributed by atoms with E-state index in [1.165, 1.54) is 32.8 Å². The van der Waals surface area contributed by atoms with Crippen LogP contribution in [0, 0.1) is 5.92 Å². The first-order valence-corrected chi connectivity index (χ1v) is 5.53. The van der Waals surface area contributed by atoms with Gasteiger partial charge < -0.3 is 10.1 Å². The molecule has 1 saturated carbocycles. The molecule has 3 atom stereocenters. The second-order valence-electron chi connectivity index (χ2n) is 4.12. The van der Waals surface area contributed by atoms with Gasteiger partial charge in [-0.1, -0.05) is 19.8 Å². The third kappa shape index (κ3) is 2.71. The lowest BCUT2D eigenvalue weighted by Crippen LogP contribution is -2.43. The average Bonchev–Trinajstić information content (AvgIpc) is 2.63. The first kappa shape index (κ1) is 11.5. The summed E-state index contributed by atoms with van der Waals surface area (Å²) in [5.41, 5.74) is 0. The van der Waals surface area contributed by atoms with Crippen LogP contribution in [0.25, 0.3) is 0 Å². The van der Waals surface area contributed by atoms with Crippen LogP contribution in [-0.2, 0) is 9.53 Å². The second kappa shape index (κ2) is 5.35. The Balaban J connectivity index is 2.39.